The molecule has 0 aliphatic heterocycles. The summed E-state index contributed by atoms with van der Waals surface area (Å²) >= 11 is 0. The number of hydrogen-bond donors (Lipinski definition) is 2. The molecule has 0 bridgehead atoms. The standard InChI is InChI=1S/C23H31N3O3.HI/c1-24-22(26-16-23(11-8-12-23)18-9-6-5-7-10-18)25-15-17-13-19(27-2)21(29-4)20(14-17)28-3;/h5-7,9-10,13-14H,8,11-12,15-16H2,1-4H3,(H2,24,25,26);1H. The van der Waals surface area contributed by atoms with E-state index in [0.717, 1.165) is 18.1 Å². The molecule has 0 amide bonds. The van der Waals surface area contributed by atoms with E-state index in [1.54, 1.807) is 28.4 Å². The largest absolute Gasteiger partial charge is 0.493 e. The summed E-state index contributed by atoms with van der Waals surface area (Å²) in [6.07, 6.45) is 3.68. The Morgan fingerprint density at radius 2 is 1.60 bits per heavy atom. The SMILES string of the molecule is CN=C(NCc1cc(OC)c(OC)c(OC)c1)NCC1(c2ccccc2)CCC1.I. The van der Waals surface area contributed by atoms with Crippen LogP contribution in [-0.2, 0) is 12.0 Å². The zero-order valence-corrected chi connectivity index (χ0v) is 20.5. The summed E-state index contributed by atoms with van der Waals surface area (Å²) in [5.74, 6) is 2.66. The zero-order chi connectivity index (χ0) is 20.7. The first-order chi connectivity index (χ1) is 14.2. The van der Waals surface area contributed by atoms with Crippen LogP contribution in [0, 0.1) is 0 Å². The molecule has 0 spiro atoms. The van der Waals surface area contributed by atoms with Gasteiger partial charge in [0.05, 0.1) is 21.3 Å². The van der Waals surface area contributed by atoms with Gasteiger partial charge < -0.3 is 24.8 Å². The molecule has 2 aromatic carbocycles. The molecule has 0 aromatic heterocycles. The molecule has 6 nitrogen and oxygen atoms in total. The molecule has 2 N–H and O–H groups in total. The normalized spacial score (nSPS) is 14.7. The third-order valence-corrected chi connectivity index (χ3v) is 5.70. The Bertz CT molecular complexity index is 814. The lowest BCUT2D eigenvalue weighted by Crippen LogP contribution is -2.48. The lowest BCUT2D eigenvalue weighted by molar-refractivity contribution is 0.244. The molecule has 1 saturated carbocycles. The van der Waals surface area contributed by atoms with Crippen LogP contribution in [0.2, 0.25) is 0 Å². The fourth-order valence-electron chi connectivity index (χ4n) is 3.86. The summed E-state index contributed by atoms with van der Waals surface area (Å²) in [6, 6.07) is 14.7. The van der Waals surface area contributed by atoms with Crippen molar-refractivity contribution in [1.82, 2.24) is 10.6 Å². The van der Waals surface area contributed by atoms with Crippen molar-refractivity contribution in [3.8, 4) is 17.2 Å². The van der Waals surface area contributed by atoms with Gasteiger partial charge in [0, 0.05) is 25.6 Å². The van der Waals surface area contributed by atoms with E-state index in [9.17, 15) is 0 Å². The second-order valence-electron chi connectivity index (χ2n) is 7.31. The number of nitrogens with one attached hydrogen (secondary N) is 2. The van der Waals surface area contributed by atoms with Crippen molar-refractivity contribution in [2.24, 2.45) is 4.99 Å². The molecule has 0 saturated heterocycles. The molecule has 0 atom stereocenters. The smallest absolute Gasteiger partial charge is 0.203 e. The number of rotatable bonds is 8. The highest BCUT2D eigenvalue weighted by Gasteiger charge is 2.38. The van der Waals surface area contributed by atoms with Gasteiger partial charge in [-0.2, -0.15) is 0 Å². The monoisotopic (exact) mass is 525 g/mol. The van der Waals surface area contributed by atoms with Gasteiger partial charge in [0.2, 0.25) is 5.75 Å². The number of nitrogens with zero attached hydrogens (tertiary/aromatic N) is 1. The predicted molar refractivity (Wildman–Crippen MR) is 132 cm³/mol. The van der Waals surface area contributed by atoms with Gasteiger partial charge in [-0.3, -0.25) is 4.99 Å². The molecular weight excluding hydrogens is 493 g/mol. The average molecular weight is 525 g/mol. The number of hydrogen-bond acceptors (Lipinski definition) is 4. The highest BCUT2D eigenvalue weighted by molar-refractivity contribution is 14.0. The van der Waals surface area contributed by atoms with Crippen LogP contribution in [0.3, 0.4) is 0 Å². The minimum atomic E-state index is 0. The molecule has 0 unspecified atom stereocenters. The first kappa shape index (κ1) is 24.1. The Hall–Kier alpha value is -2.16. The second-order valence-corrected chi connectivity index (χ2v) is 7.31. The molecular formula is C23H32IN3O3. The van der Waals surface area contributed by atoms with E-state index in [-0.39, 0.29) is 29.4 Å². The minimum Gasteiger partial charge on any atom is -0.493 e. The van der Waals surface area contributed by atoms with E-state index in [1.165, 1.54) is 24.8 Å². The second kappa shape index (κ2) is 11.3. The number of guanidine groups is 1. The van der Waals surface area contributed by atoms with Crippen LogP contribution >= 0.6 is 24.0 Å². The van der Waals surface area contributed by atoms with Crippen LogP contribution in [0.5, 0.6) is 17.2 Å². The van der Waals surface area contributed by atoms with E-state index in [0.29, 0.717) is 23.8 Å². The molecule has 1 aliphatic carbocycles. The topological polar surface area (TPSA) is 64.1 Å². The highest BCUT2D eigenvalue weighted by atomic mass is 127. The zero-order valence-electron chi connectivity index (χ0n) is 18.2. The highest BCUT2D eigenvalue weighted by Crippen LogP contribution is 2.43. The summed E-state index contributed by atoms with van der Waals surface area (Å²) in [7, 11) is 6.64. The average Bonchev–Trinajstić information content (AvgIpc) is 2.74. The van der Waals surface area contributed by atoms with E-state index < -0.39 is 0 Å². The lowest BCUT2D eigenvalue weighted by atomic mass is 9.64. The first-order valence-electron chi connectivity index (χ1n) is 9.94. The molecule has 7 heteroatoms. The molecule has 2 aromatic rings. The van der Waals surface area contributed by atoms with Gasteiger partial charge in [-0.05, 0) is 36.1 Å². The van der Waals surface area contributed by atoms with Crippen LogP contribution < -0.4 is 24.8 Å². The van der Waals surface area contributed by atoms with Gasteiger partial charge in [0.25, 0.3) is 0 Å². The van der Waals surface area contributed by atoms with Crippen LogP contribution in [0.25, 0.3) is 0 Å². The molecule has 30 heavy (non-hydrogen) atoms. The van der Waals surface area contributed by atoms with Gasteiger partial charge in [-0.25, -0.2) is 0 Å². The summed E-state index contributed by atoms with van der Waals surface area (Å²) in [5.41, 5.74) is 2.62. The predicted octanol–water partition coefficient (Wildman–Crippen LogP) is 4.12. The number of halogens is 1. The molecule has 1 aliphatic rings. The molecule has 3 rings (SSSR count). The third-order valence-electron chi connectivity index (χ3n) is 5.70. The van der Waals surface area contributed by atoms with Crippen molar-refractivity contribution in [2.45, 2.75) is 31.2 Å². The quantitative estimate of drug-likeness (QED) is 0.309. The van der Waals surface area contributed by atoms with Crippen molar-refractivity contribution in [3.05, 3.63) is 53.6 Å². The fraction of sp³-hybridized carbons (Fsp3) is 0.435. The lowest BCUT2D eigenvalue weighted by Gasteiger charge is -2.43. The Balaban J connectivity index is 0.00000320. The Labute approximate surface area is 196 Å². The van der Waals surface area contributed by atoms with Gasteiger partial charge in [-0.1, -0.05) is 36.8 Å². The van der Waals surface area contributed by atoms with Crippen molar-refractivity contribution in [3.63, 3.8) is 0 Å². The van der Waals surface area contributed by atoms with Crippen molar-refractivity contribution < 1.29 is 14.2 Å². The maximum absolute atomic E-state index is 5.44. The summed E-state index contributed by atoms with van der Waals surface area (Å²) in [4.78, 5) is 4.38. The van der Waals surface area contributed by atoms with Crippen LogP contribution in [0.15, 0.2) is 47.5 Å². The van der Waals surface area contributed by atoms with Crippen molar-refractivity contribution in [2.75, 3.05) is 34.9 Å². The molecule has 164 valence electrons. The number of benzene rings is 2. The van der Waals surface area contributed by atoms with Crippen LogP contribution in [0.4, 0.5) is 0 Å². The Morgan fingerprint density at radius 1 is 0.967 bits per heavy atom. The van der Waals surface area contributed by atoms with Crippen molar-refractivity contribution >= 4 is 29.9 Å². The summed E-state index contributed by atoms with van der Waals surface area (Å²) in [5, 5.41) is 6.90. The van der Waals surface area contributed by atoms with Crippen LogP contribution in [-0.4, -0.2) is 40.9 Å². The molecule has 0 heterocycles. The van der Waals surface area contributed by atoms with E-state index >= 15 is 0 Å². The number of methoxy groups -OCH3 is 3. The third kappa shape index (κ3) is 5.30. The fourth-order valence-corrected chi connectivity index (χ4v) is 3.86. The van der Waals surface area contributed by atoms with Gasteiger partial charge >= 0.3 is 0 Å². The van der Waals surface area contributed by atoms with Crippen LogP contribution in [0.1, 0.15) is 30.4 Å². The van der Waals surface area contributed by atoms with E-state index in [2.05, 4.69) is 46.0 Å². The van der Waals surface area contributed by atoms with E-state index in [1.807, 2.05) is 12.1 Å². The Morgan fingerprint density at radius 3 is 2.07 bits per heavy atom. The summed E-state index contributed by atoms with van der Waals surface area (Å²) in [6.45, 7) is 1.46. The van der Waals surface area contributed by atoms with Gasteiger partial charge in [-0.15, -0.1) is 24.0 Å². The minimum absolute atomic E-state index is 0. The maximum Gasteiger partial charge on any atom is 0.203 e. The number of ether oxygens (including phenoxy) is 3. The summed E-state index contributed by atoms with van der Waals surface area (Å²) < 4.78 is 16.3. The molecule has 1 fully saturated rings. The molecule has 0 radical (unpaired) electrons. The maximum atomic E-state index is 5.44. The Kier molecular flexibility index (Phi) is 9.08. The van der Waals surface area contributed by atoms with Gasteiger partial charge in [0.1, 0.15) is 0 Å². The first-order valence-corrected chi connectivity index (χ1v) is 9.94. The van der Waals surface area contributed by atoms with Gasteiger partial charge in [0.15, 0.2) is 17.5 Å². The number of aliphatic imine (C=N–C) groups is 1. The van der Waals surface area contributed by atoms with Crippen molar-refractivity contribution in [1.29, 1.82) is 0 Å². The van der Waals surface area contributed by atoms with E-state index in [4.69, 9.17) is 14.2 Å².